The van der Waals surface area contributed by atoms with E-state index in [1.807, 2.05) is 0 Å². The van der Waals surface area contributed by atoms with Crippen LogP contribution in [0.1, 0.15) is 45.4 Å². The minimum absolute atomic E-state index is 0.0786. The summed E-state index contributed by atoms with van der Waals surface area (Å²) in [6.07, 6.45) is -5.50. The normalized spacial score (nSPS) is 31.9. The van der Waals surface area contributed by atoms with Gasteiger partial charge in [-0.05, 0) is 50.9 Å². The van der Waals surface area contributed by atoms with Gasteiger partial charge in [0.2, 0.25) is 0 Å². The average Bonchev–Trinajstić information content (AvgIpc) is 2.63. The highest BCUT2D eigenvalue weighted by Gasteiger charge is 2.82. The molecule has 4 aliphatic rings. The summed E-state index contributed by atoms with van der Waals surface area (Å²) < 4.78 is 127. The third-order valence-electron chi connectivity index (χ3n) is 6.69. The Morgan fingerprint density at radius 2 is 1.42 bits per heavy atom. The van der Waals surface area contributed by atoms with Crippen LogP contribution in [0.3, 0.4) is 0 Å². The SMILES string of the molecule is C=C(C)C(=O)OC12CC3CC(C1)CC(C(=O)OCC(F)(F)C(F)(F)C(F)(F)C(F)(F)F)(C3)C2. The van der Waals surface area contributed by atoms with Gasteiger partial charge in [-0.2, -0.15) is 39.5 Å². The molecule has 0 aromatic rings. The Bertz CT molecular complexity index is 835. The molecule has 2 atom stereocenters. The van der Waals surface area contributed by atoms with Crippen molar-refractivity contribution in [3.05, 3.63) is 12.2 Å². The second kappa shape index (κ2) is 7.53. The molecule has 4 rings (SSSR count). The maximum atomic E-state index is 13.8. The largest absolute Gasteiger partial charge is 0.460 e. The predicted octanol–water partition coefficient (Wildman–Crippen LogP) is 5.46. The van der Waals surface area contributed by atoms with E-state index in [4.69, 9.17) is 4.74 Å². The molecule has 4 nitrogen and oxygen atoms in total. The second-order valence-electron chi connectivity index (χ2n) is 9.52. The summed E-state index contributed by atoms with van der Waals surface area (Å²) in [4.78, 5) is 24.8. The number of rotatable bonds is 7. The van der Waals surface area contributed by atoms with Crippen LogP contribution in [-0.4, -0.2) is 48.1 Å². The number of ether oxygens (including phenoxy) is 2. The molecular weight excluding hydrogens is 475 g/mol. The standard InChI is InChI=1S/C20H21F9O4/c1-10(2)13(30)33-16-6-11-3-12(7-16)5-15(4-11,8-16)14(31)32-9-17(21,22)18(23,24)19(25,26)20(27,28)29/h11-12H,1,3-9H2,2H3. The maximum Gasteiger partial charge on any atom is 0.460 e. The van der Waals surface area contributed by atoms with Crippen LogP contribution in [0.25, 0.3) is 0 Å². The van der Waals surface area contributed by atoms with E-state index in [0.29, 0.717) is 19.3 Å². The molecule has 13 heteroatoms. The highest BCUT2D eigenvalue weighted by Crippen LogP contribution is 2.63. The first-order valence-corrected chi connectivity index (χ1v) is 10.0. The monoisotopic (exact) mass is 496 g/mol. The lowest BCUT2D eigenvalue weighted by molar-refractivity contribution is -0.399. The number of hydrogen-bond acceptors (Lipinski definition) is 4. The Labute approximate surface area is 182 Å². The minimum atomic E-state index is -7.06. The van der Waals surface area contributed by atoms with Crippen molar-refractivity contribution in [2.24, 2.45) is 17.3 Å². The molecule has 0 aliphatic heterocycles. The summed E-state index contributed by atoms with van der Waals surface area (Å²) in [5, 5.41) is 0. The van der Waals surface area contributed by atoms with E-state index < -0.39 is 53.5 Å². The quantitative estimate of drug-likeness (QED) is 0.267. The van der Waals surface area contributed by atoms with Gasteiger partial charge in [-0.3, -0.25) is 4.79 Å². The first-order valence-electron chi connectivity index (χ1n) is 10.0. The third-order valence-corrected chi connectivity index (χ3v) is 6.69. The zero-order chi connectivity index (χ0) is 25.3. The number of carbonyl (C=O) groups excluding carboxylic acids is 2. The van der Waals surface area contributed by atoms with Crippen LogP contribution < -0.4 is 0 Å². The van der Waals surface area contributed by atoms with Crippen molar-refractivity contribution >= 4 is 11.9 Å². The van der Waals surface area contributed by atoms with Gasteiger partial charge in [-0.1, -0.05) is 6.58 Å². The molecule has 0 heterocycles. The van der Waals surface area contributed by atoms with Gasteiger partial charge in [0.1, 0.15) is 5.60 Å². The molecule has 4 saturated carbocycles. The number of halogens is 9. The first kappa shape index (κ1) is 25.7. The van der Waals surface area contributed by atoms with E-state index in [2.05, 4.69) is 11.3 Å². The number of esters is 2. The molecule has 33 heavy (non-hydrogen) atoms. The van der Waals surface area contributed by atoms with Gasteiger partial charge in [0.15, 0.2) is 6.61 Å². The van der Waals surface area contributed by atoms with Crippen molar-refractivity contribution in [1.82, 2.24) is 0 Å². The Morgan fingerprint density at radius 1 is 0.909 bits per heavy atom. The van der Waals surface area contributed by atoms with Crippen LogP contribution in [0, 0.1) is 17.3 Å². The molecule has 4 fully saturated rings. The fraction of sp³-hybridized carbons (Fsp3) is 0.800. The van der Waals surface area contributed by atoms with Crippen LogP contribution in [0.5, 0.6) is 0 Å². The highest BCUT2D eigenvalue weighted by molar-refractivity contribution is 5.87. The van der Waals surface area contributed by atoms with Gasteiger partial charge < -0.3 is 9.47 Å². The van der Waals surface area contributed by atoms with Crippen molar-refractivity contribution < 1.29 is 58.6 Å². The lowest BCUT2D eigenvalue weighted by Crippen LogP contribution is -2.63. The van der Waals surface area contributed by atoms with Gasteiger partial charge in [0, 0.05) is 12.0 Å². The lowest BCUT2D eigenvalue weighted by Gasteiger charge is -2.59. The summed E-state index contributed by atoms with van der Waals surface area (Å²) in [6, 6.07) is 0. The number of carbonyl (C=O) groups is 2. The van der Waals surface area contributed by atoms with Crippen LogP contribution in [0.2, 0.25) is 0 Å². The van der Waals surface area contributed by atoms with E-state index in [0.717, 1.165) is 0 Å². The van der Waals surface area contributed by atoms with Crippen LogP contribution >= 0.6 is 0 Å². The molecule has 4 bridgehead atoms. The van der Waals surface area contributed by atoms with Crippen molar-refractivity contribution in [3.8, 4) is 0 Å². The Kier molecular flexibility index (Phi) is 5.85. The molecule has 2 unspecified atom stereocenters. The molecule has 0 spiro atoms. The second-order valence-corrected chi connectivity index (χ2v) is 9.52. The number of hydrogen-bond donors (Lipinski definition) is 0. The van der Waals surface area contributed by atoms with Crippen LogP contribution in [-0.2, 0) is 19.1 Å². The van der Waals surface area contributed by atoms with Crippen molar-refractivity contribution in [2.75, 3.05) is 6.61 Å². The molecule has 4 aliphatic carbocycles. The van der Waals surface area contributed by atoms with Gasteiger partial charge in [0.05, 0.1) is 5.41 Å². The van der Waals surface area contributed by atoms with Gasteiger partial charge in [0.25, 0.3) is 0 Å². The topological polar surface area (TPSA) is 52.6 Å². The Hall–Kier alpha value is -1.95. The van der Waals surface area contributed by atoms with E-state index in [-0.39, 0.29) is 36.7 Å². The average molecular weight is 496 g/mol. The fourth-order valence-corrected chi connectivity index (χ4v) is 5.63. The fourth-order valence-electron chi connectivity index (χ4n) is 5.63. The van der Waals surface area contributed by atoms with E-state index >= 15 is 0 Å². The maximum absolute atomic E-state index is 13.8. The van der Waals surface area contributed by atoms with E-state index in [9.17, 15) is 49.1 Å². The van der Waals surface area contributed by atoms with Gasteiger partial charge in [-0.15, -0.1) is 0 Å². The van der Waals surface area contributed by atoms with Gasteiger partial charge in [-0.25, -0.2) is 4.79 Å². The summed E-state index contributed by atoms with van der Waals surface area (Å²) in [5.41, 5.74) is -2.55. The molecular formula is C20H21F9O4. The first-order chi connectivity index (χ1) is 14.8. The Balaban J connectivity index is 1.78. The van der Waals surface area contributed by atoms with Gasteiger partial charge >= 0.3 is 35.9 Å². The minimum Gasteiger partial charge on any atom is -0.459 e. The molecule has 188 valence electrons. The summed E-state index contributed by atoms with van der Waals surface area (Å²) in [6.45, 7) is 2.19. The molecule has 0 aromatic carbocycles. The summed E-state index contributed by atoms with van der Waals surface area (Å²) >= 11 is 0. The van der Waals surface area contributed by atoms with Crippen molar-refractivity contribution in [2.45, 2.75) is 75.0 Å². The molecule has 0 N–H and O–H groups in total. The van der Waals surface area contributed by atoms with Crippen LogP contribution in [0.15, 0.2) is 12.2 Å². The summed E-state index contributed by atoms with van der Waals surface area (Å²) in [7, 11) is 0. The molecule has 0 aromatic heterocycles. The third kappa shape index (κ3) is 4.09. The molecule has 0 saturated heterocycles. The van der Waals surface area contributed by atoms with Crippen LogP contribution in [0.4, 0.5) is 39.5 Å². The lowest BCUT2D eigenvalue weighted by atomic mass is 9.48. The molecule has 0 radical (unpaired) electrons. The van der Waals surface area contributed by atoms with Crippen molar-refractivity contribution in [1.29, 1.82) is 0 Å². The highest BCUT2D eigenvalue weighted by atomic mass is 19.4. The smallest absolute Gasteiger partial charge is 0.459 e. The van der Waals surface area contributed by atoms with Crippen molar-refractivity contribution in [3.63, 3.8) is 0 Å². The molecule has 0 amide bonds. The Morgan fingerprint density at radius 3 is 1.88 bits per heavy atom. The summed E-state index contributed by atoms with van der Waals surface area (Å²) in [5.74, 6) is -22.4. The van der Waals surface area contributed by atoms with E-state index in [1.54, 1.807) is 0 Å². The zero-order valence-corrected chi connectivity index (χ0v) is 17.3. The van der Waals surface area contributed by atoms with E-state index in [1.165, 1.54) is 6.92 Å². The predicted molar refractivity (Wildman–Crippen MR) is 92.6 cm³/mol. The zero-order valence-electron chi connectivity index (χ0n) is 17.3. The number of alkyl halides is 9.